The molecule has 0 aromatic heterocycles. The van der Waals surface area contributed by atoms with Gasteiger partial charge in [0.1, 0.15) is 11.5 Å². The van der Waals surface area contributed by atoms with E-state index in [1.807, 2.05) is 45.0 Å². The molecule has 4 rings (SSSR count). The highest BCUT2D eigenvalue weighted by Crippen LogP contribution is 2.33. The number of imide groups is 1. The van der Waals surface area contributed by atoms with Crippen LogP contribution in [0, 0.1) is 26.6 Å². The first-order valence-electron chi connectivity index (χ1n) is 10.7. The number of amides is 2. The average Bonchev–Trinajstić information content (AvgIpc) is 3.01. The van der Waals surface area contributed by atoms with E-state index >= 15 is 0 Å². The van der Waals surface area contributed by atoms with Crippen molar-refractivity contribution < 1.29 is 14.0 Å². The molecule has 1 heterocycles. The molecule has 0 unspecified atom stereocenters. The summed E-state index contributed by atoms with van der Waals surface area (Å²) in [6.45, 7) is 6.07. The molecule has 3 aromatic carbocycles. The Hall–Kier alpha value is -3.44. The number of hydrogen-bond donors (Lipinski definition) is 1. The maximum Gasteiger partial charge on any atom is 0.278 e. The minimum Gasteiger partial charge on any atom is -0.350 e. The zero-order valence-corrected chi connectivity index (χ0v) is 19.5. The largest absolute Gasteiger partial charge is 0.350 e. The van der Waals surface area contributed by atoms with Crippen molar-refractivity contribution in [2.45, 2.75) is 27.2 Å². The van der Waals surface area contributed by atoms with Crippen LogP contribution in [0.1, 0.15) is 27.8 Å². The molecule has 0 aliphatic carbocycles. The molecule has 0 atom stereocenters. The summed E-state index contributed by atoms with van der Waals surface area (Å²) in [6, 6.07) is 17.2. The fourth-order valence-electron chi connectivity index (χ4n) is 3.82. The Morgan fingerprint density at radius 3 is 2.24 bits per heavy atom. The molecule has 0 saturated heterocycles. The molecule has 1 aliphatic heterocycles. The van der Waals surface area contributed by atoms with Gasteiger partial charge in [0.25, 0.3) is 11.8 Å². The summed E-state index contributed by atoms with van der Waals surface area (Å²) in [7, 11) is 0. The predicted octanol–water partition coefficient (Wildman–Crippen LogP) is 5.84. The van der Waals surface area contributed by atoms with E-state index in [1.165, 1.54) is 17.0 Å². The highest BCUT2D eigenvalue weighted by Gasteiger charge is 2.39. The number of carbonyl (C=O) groups is 2. The van der Waals surface area contributed by atoms with Gasteiger partial charge in [0, 0.05) is 17.3 Å². The third-order valence-corrected chi connectivity index (χ3v) is 6.20. The SMILES string of the molecule is Cc1ccc(C2=C(Nc3cc(Cl)ccc3C)C(=O)N(CCc3ccc(F)cc3)C2=O)cc1C. The Kier molecular flexibility index (Phi) is 6.34. The van der Waals surface area contributed by atoms with Gasteiger partial charge >= 0.3 is 0 Å². The van der Waals surface area contributed by atoms with E-state index in [0.717, 1.165) is 22.3 Å². The third-order valence-electron chi connectivity index (χ3n) is 5.96. The molecule has 1 N–H and O–H groups in total. The van der Waals surface area contributed by atoms with E-state index in [2.05, 4.69) is 5.32 Å². The van der Waals surface area contributed by atoms with E-state index in [4.69, 9.17) is 11.6 Å². The Morgan fingerprint density at radius 1 is 0.848 bits per heavy atom. The van der Waals surface area contributed by atoms with Crippen molar-refractivity contribution in [1.82, 2.24) is 4.90 Å². The lowest BCUT2D eigenvalue weighted by Crippen LogP contribution is -2.34. The lowest BCUT2D eigenvalue weighted by molar-refractivity contribution is -0.136. The Bertz CT molecular complexity index is 1280. The molecule has 0 radical (unpaired) electrons. The summed E-state index contributed by atoms with van der Waals surface area (Å²) < 4.78 is 13.2. The van der Waals surface area contributed by atoms with Gasteiger partial charge in [-0.2, -0.15) is 0 Å². The number of anilines is 1. The average molecular weight is 463 g/mol. The monoisotopic (exact) mass is 462 g/mol. The van der Waals surface area contributed by atoms with Crippen LogP contribution in [-0.2, 0) is 16.0 Å². The van der Waals surface area contributed by atoms with E-state index in [9.17, 15) is 14.0 Å². The third kappa shape index (κ3) is 4.69. The second-order valence-electron chi connectivity index (χ2n) is 8.27. The lowest BCUT2D eigenvalue weighted by Gasteiger charge is -2.16. The molecule has 0 fully saturated rings. The van der Waals surface area contributed by atoms with Crippen LogP contribution in [0.15, 0.2) is 66.4 Å². The van der Waals surface area contributed by atoms with Crippen LogP contribution in [0.5, 0.6) is 0 Å². The van der Waals surface area contributed by atoms with Crippen LogP contribution >= 0.6 is 11.6 Å². The maximum absolute atomic E-state index is 13.5. The van der Waals surface area contributed by atoms with Gasteiger partial charge < -0.3 is 5.32 Å². The molecular weight excluding hydrogens is 439 g/mol. The van der Waals surface area contributed by atoms with E-state index < -0.39 is 5.91 Å². The second-order valence-corrected chi connectivity index (χ2v) is 8.71. The van der Waals surface area contributed by atoms with Gasteiger partial charge in [-0.3, -0.25) is 14.5 Å². The zero-order chi connectivity index (χ0) is 23.7. The summed E-state index contributed by atoms with van der Waals surface area (Å²) >= 11 is 6.17. The first kappa shape index (κ1) is 22.7. The molecule has 0 spiro atoms. The van der Waals surface area contributed by atoms with Gasteiger partial charge in [-0.05, 0) is 79.3 Å². The normalized spacial score (nSPS) is 13.8. The Morgan fingerprint density at radius 2 is 1.55 bits per heavy atom. The minimum absolute atomic E-state index is 0.192. The van der Waals surface area contributed by atoms with Gasteiger partial charge in [0.05, 0.1) is 5.57 Å². The molecular formula is C27H24ClFN2O2. The predicted molar refractivity (Wildman–Crippen MR) is 129 cm³/mol. The van der Waals surface area contributed by atoms with Crippen molar-refractivity contribution in [1.29, 1.82) is 0 Å². The van der Waals surface area contributed by atoms with Crippen molar-refractivity contribution in [3.63, 3.8) is 0 Å². The van der Waals surface area contributed by atoms with E-state index in [1.54, 1.807) is 24.3 Å². The number of hydrogen-bond acceptors (Lipinski definition) is 3. The van der Waals surface area contributed by atoms with Crippen LogP contribution in [0.25, 0.3) is 5.57 Å². The van der Waals surface area contributed by atoms with Crippen molar-refractivity contribution >= 4 is 34.7 Å². The van der Waals surface area contributed by atoms with Gasteiger partial charge in [-0.25, -0.2) is 4.39 Å². The standard InChI is InChI=1S/C27H24ClFN2O2/c1-16-4-8-20(14-18(16)3)24-25(30-23-15-21(28)9-5-17(23)2)27(33)31(26(24)32)13-12-19-6-10-22(29)11-7-19/h4-11,14-15,30H,12-13H2,1-3H3. The molecule has 33 heavy (non-hydrogen) atoms. The van der Waals surface area contributed by atoms with Crippen molar-refractivity contribution in [2.75, 3.05) is 11.9 Å². The number of benzene rings is 3. The van der Waals surface area contributed by atoms with Crippen LogP contribution in [0.3, 0.4) is 0 Å². The number of nitrogens with zero attached hydrogens (tertiary/aromatic N) is 1. The first-order chi connectivity index (χ1) is 15.7. The van der Waals surface area contributed by atoms with Crippen LogP contribution in [0.4, 0.5) is 10.1 Å². The highest BCUT2D eigenvalue weighted by molar-refractivity contribution is 6.36. The van der Waals surface area contributed by atoms with Gasteiger partial charge in [0.15, 0.2) is 0 Å². The van der Waals surface area contributed by atoms with Gasteiger partial charge in [-0.1, -0.05) is 48.0 Å². The van der Waals surface area contributed by atoms with E-state index in [0.29, 0.717) is 28.3 Å². The smallest absolute Gasteiger partial charge is 0.278 e. The van der Waals surface area contributed by atoms with Gasteiger partial charge in [0.2, 0.25) is 0 Å². The summed E-state index contributed by atoms with van der Waals surface area (Å²) in [4.78, 5) is 28.1. The second kappa shape index (κ2) is 9.20. The molecule has 0 bridgehead atoms. The molecule has 4 nitrogen and oxygen atoms in total. The van der Waals surface area contributed by atoms with Crippen molar-refractivity contribution in [2.24, 2.45) is 0 Å². The maximum atomic E-state index is 13.5. The first-order valence-corrected chi connectivity index (χ1v) is 11.1. The fraction of sp³-hybridized carbons (Fsp3) is 0.185. The quantitative estimate of drug-likeness (QED) is 0.468. The van der Waals surface area contributed by atoms with Crippen LogP contribution < -0.4 is 5.32 Å². The van der Waals surface area contributed by atoms with Crippen LogP contribution in [0.2, 0.25) is 5.02 Å². The zero-order valence-electron chi connectivity index (χ0n) is 18.7. The van der Waals surface area contributed by atoms with Crippen LogP contribution in [-0.4, -0.2) is 23.3 Å². The number of carbonyl (C=O) groups excluding carboxylic acids is 2. The molecule has 2 amide bonds. The number of halogens is 2. The Balaban J connectivity index is 1.71. The molecule has 1 aliphatic rings. The van der Waals surface area contributed by atoms with Gasteiger partial charge in [-0.15, -0.1) is 0 Å². The summed E-state index contributed by atoms with van der Waals surface area (Å²) in [6.07, 6.45) is 0.432. The number of rotatable bonds is 6. The van der Waals surface area contributed by atoms with Crippen molar-refractivity contribution in [3.05, 3.63) is 105 Å². The number of aryl methyl sites for hydroxylation is 3. The fourth-order valence-corrected chi connectivity index (χ4v) is 3.99. The summed E-state index contributed by atoms with van der Waals surface area (Å²) in [5.74, 6) is -1.07. The molecule has 0 saturated carbocycles. The van der Waals surface area contributed by atoms with E-state index in [-0.39, 0.29) is 24.0 Å². The lowest BCUT2D eigenvalue weighted by atomic mass is 9.99. The summed E-state index contributed by atoms with van der Waals surface area (Å²) in [5, 5.41) is 3.71. The minimum atomic E-state index is -0.394. The molecule has 6 heteroatoms. The van der Waals surface area contributed by atoms with Crippen molar-refractivity contribution in [3.8, 4) is 0 Å². The Labute approximate surface area is 197 Å². The highest BCUT2D eigenvalue weighted by atomic mass is 35.5. The molecule has 3 aromatic rings. The number of nitrogens with one attached hydrogen (secondary N) is 1. The topological polar surface area (TPSA) is 49.4 Å². The summed E-state index contributed by atoms with van der Waals surface area (Å²) in [5.41, 5.74) is 5.79. The molecule has 168 valence electrons.